The highest BCUT2D eigenvalue weighted by Gasteiger charge is 2.13. The number of nitrogens with one attached hydrogen (secondary N) is 1. The van der Waals surface area contributed by atoms with Crippen LogP contribution in [0.2, 0.25) is 0 Å². The van der Waals surface area contributed by atoms with Crippen molar-refractivity contribution in [1.29, 1.82) is 0 Å². The fraction of sp³-hybridized carbons (Fsp3) is 0.429. The Bertz CT molecular complexity index is 458. The molecule has 0 aliphatic heterocycles. The van der Waals surface area contributed by atoms with Crippen molar-refractivity contribution in [2.75, 3.05) is 6.61 Å². The summed E-state index contributed by atoms with van der Waals surface area (Å²) in [7, 11) is 0. The van der Waals surface area contributed by atoms with E-state index in [0.717, 1.165) is 0 Å². The maximum absolute atomic E-state index is 11.7. The maximum Gasteiger partial charge on any atom is 0.258 e. The van der Waals surface area contributed by atoms with E-state index >= 15 is 0 Å². The molecule has 3 N–H and O–H groups in total. The first kappa shape index (κ1) is 15.0. The standard InChI is InChI=1S/C14H20N2O3/c1-9(2)10(3)16-13(17)8-19-12-7-5-4-6-11(12)14(15)18/h4-7,9-10H,8H2,1-3H3,(H2,15,18)(H,16,17). The fourth-order valence-corrected chi connectivity index (χ4v) is 1.40. The SMILES string of the molecule is CC(C)C(C)NC(=O)COc1ccccc1C(N)=O. The number of carbonyl (C=O) groups is 2. The molecule has 0 saturated carbocycles. The number of amides is 2. The normalized spacial score (nSPS) is 12.0. The minimum Gasteiger partial charge on any atom is -0.483 e. The van der Waals surface area contributed by atoms with Crippen molar-refractivity contribution < 1.29 is 14.3 Å². The molecule has 0 aliphatic carbocycles. The molecule has 1 rings (SSSR count). The van der Waals surface area contributed by atoms with Gasteiger partial charge in [-0.3, -0.25) is 9.59 Å². The van der Waals surface area contributed by atoms with Crippen LogP contribution in [0.5, 0.6) is 5.75 Å². The predicted molar refractivity (Wildman–Crippen MR) is 72.9 cm³/mol. The van der Waals surface area contributed by atoms with Gasteiger partial charge in [0.05, 0.1) is 5.56 Å². The third-order valence-electron chi connectivity index (χ3n) is 2.90. The Labute approximate surface area is 113 Å². The Morgan fingerprint density at radius 1 is 1.26 bits per heavy atom. The number of nitrogens with two attached hydrogens (primary N) is 1. The summed E-state index contributed by atoms with van der Waals surface area (Å²) in [6.07, 6.45) is 0. The molecular weight excluding hydrogens is 244 g/mol. The lowest BCUT2D eigenvalue weighted by Crippen LogP contribution is -2.39. The molecular formula is C14H20N2O3. The minimum absolute atomic E-state index is 0.0717. The molecule has 0 radical (unpaired) electrons. The minimum atomic E-state index is -0.577. The molecule has 1 aromatic carbocycles. The summed E-state index contributed by atoms with van der Waals surface area (Å²) < 4.78 is 5.33. The summed E-state index contributed by atoms with van der Waals surface area (Å²) in [5.74, 6) is -0.128. The van der Waals surface area contributed by atoms with Crippen LogP contribution in [0.4, 0.5) is 0 Å². The van der Waals surface area contributed by atoms with Gasteiger partial charge in [-0.25, -0.2) is 0 Å². The van der Waals surface area contributed by atoms with Crippen molar-refractivity contribution in [3.05, 3.63) is 29.8 Å². The molecule has 1 unspecified atom stereocenters. The van der Waals surface area contributed by atoms with Crippen molar-refractivity contribution in [3.63, 3.8) is 0 Å². The molecule has 19 heavy (non-hydrogen) atoms. The van der Waals surface area contributed by atoms with Crippen LogP contribution in [0.3, 0.4) is 0 Å². The first-order valence-corrected chi connectivity index (χ1v) is 6.22. The lowest BCUT2D eigenvalue weighted by atomic mass is 10.1. The number of hydrogen-bond acceptors (Lipinski definition) is 3. The Morgan fingerprint density at radius 2 is 1.89 bits per heavy atom. The highest BCUT2D eigenvalue weighted by Crippen LogP contribution is 2.16. The van der Waals surface area contributed by atoms with E-state index in [1.807, 2.05) is 20.8 Å². The average Bonchev–Trinajstić information content (AvgIpc) is 2.36. The van der Waals surface area contributed by atoms with E-state index in [1.165, 1.54) is 0 Å². The molecule has 5 heteroatoms. The van der Waals surface area contributed by atoms with E-state index in [4.69, 9.17) is 10.5 Å². The van der Waals surface area contributed by atoms with E-state index in [1.54, 1.807) is 24.3 Å². The zero-order valence-corrected chi connectivity index (χ0v) is 11.5. The van der Waals surface area contributed by atoms with Gasteiger partial charge in [0.1, 0.15) is 5.75 Å². The van der Waals surface area contributed by atoms with Crippen LogP contribution in [-0.2, 0) is 4.79 Å². The molecule has 0 fully saturated rings. The molecule has 104 valence electrons. The van der Waals surface area contributed by atoms with Gasteiger partial charge < -0.3 is 15.8 Å². The lowest BCUT2D eigenvalue weighted by Gasteiger charge is -2.17. The fourth-order valence-electron chi connectivity index (χ4n) is 1.40. The molecule has 1 aromatic rings. The van der Waals surface area contributed by atoms with Gasteiger partial charge in [-0.1, -0.05) is 26.0 Å². The van der Waals surface area contributed by atoms with Crippen LogP contribution in [0, 0.1) is 5.92 Å². The van der Waals surface area contributed by atoms with Gasteiger partial charge in [0.15, 0.2) is 6.61 Å². The molecule has 0 bridgehead atoms. The molecule has 0 heterocycles. The van der Waals surface area contributed by atoms with Gasteiger partial charge in [-0.2, -0.15) is 0 Å². The van der Waals surface area contributed by atoms with Gasteiger partial charge in [0, 0.05) is 6.04 Å². The number of para-hydroxylation sites is 1. The van der Waals surface area contributed by atoms with Crippen LogP contribution >= 0.6 is 0 Å². The second-order valence-electron chi connectivity index (χ2n) is 4.75. The zero-order chi connectivity index (χ0) is 14.4. The largest absolute Gasteiger partial charge is 0.483 e. The number of ether oxygens (including phenoxy) is 1. The van der Waals surface area contributed by atoms with Crippen LogP contribution in [0.25, 0.3) is 0 Å². The van der Waals surface area contributed by atoms with Crippen molar-refractivity contribution in [3.8, 4) is 5.75 Å². The van der Waals surface area contributed by atoms with Crippen LogP contribution < -0.4 is 15.8 Å². The number of benzene rings is 1. The summed E-state index contributed by atoms with van der Waals surface area (Å²) in [6, 6.07) is 6.65. The Hall–Kier alpha value is -2.04. The second-order valence-corrected chi connectivity index (χ2v) is 4.75. The van der Waals surface area contributed by atoms with Crippen LogP contribution in [-0.4, -0.2) is 24.5 Å². The zero-order valence-electron chi connectivity index (χ0n) is 11.5. The van der Waals surface area contributed by atoms with Gasteiger partial charge in [-0.05, 0) is 25.0 Å². The van der Waals surface area contributed by atoms with Crippen molar-refractivity contribution in [2.45, 2.75) is 26.8 Å². The summed E-state index contributed by atoms with van der Waals surface area (Å²) >= 11 is 0. The number of carbonyl (C=O) groups excluding carboxylic acids is 2. The summed E-state index contributed by atoms with van der Waals surface area (Å²) in [4.78, 5) is 22.8. The number of hydrogen-bond donors (Lipinski definition) is 2. The highest BCUT2D eigenvalue weighted by molar-refractivity contribution is 5.95. The number of rotatable bonds is 6. The highest BCUT2D eigenvalue weighted by atomic mass is 16.5. The van der Waals surface area contributed by atoms with Crippen LogP contribution in [0.15, 0.2) is 24.3 Å². The topological polar surface area (TPSA) is 81.4 Å². The first-order chi connectivity index (χ1) is 8.91. The number of primary amides is 1. The smallest absolute Gasteiger partial charge is 0.258 e. The van der Waals surface area contributed by atoms with Gasteiger partial charge in [0.2, 0.25) is 0 Å². The van der Waals surface area contributed by atoms with Gasteiger partial charge in [0.25, 0.3) is 11.8 Å². The Balaban J connectivity index is 2.58. The Morgan fingerprint density at radius 3 is 2.47 bits per heavy atom. The van der Waals surface area contributed by atoms with Gasteiger partial charge >= 0.3 is 0 Å². The molecule has 5 nitrogen and oxygen atoms in total. The monoisotopic (exact) mass is 264 g/mol. The summed E-state index contributed by atoms with van der Waals surface area (Å²) in [6.45, 7) is 5.84. The van der Waals surface area contributed by atoms with E-state index in [2.05, 4.69) is 5.32 Å². The molecule has 2 amide bonds. The average molecular weight is 264 g/mol. The van der Waals surface area contributed by atoms with Crippen molar-refractivity contribution >= 4 is 11.8 Å². The summed E-state index contributed by atoms with van der Waals surface area (Å²) in [5, 5.41) is 2.82. The molecule has 0 aliphatic rings. The third kappa shape index (κ3) is 4.62. The molecule has 1 atom stereocenters. The van der Waals surface area contributed by atoms with Crippen molar-refractivity contribution in [2.24, 2.45) is 11.7 Å². The quantitative estimate of drug-likeness (QED) is 0.813. The van der Waals surface area contributed by atoms with E-state index in [-0.39, 0.29) is 24.1 Å². The lowest BCUT2D eigenvalue weighted by molar-refractivity contribution is -0.124. The third-order valence-corrected chi connectivity index (χ3v) is 2.90. The van der Waals surface area contributed by atoms with Crippen LogP contribution in [0.1, 0.15) is 31.1 Å². The van der Waals surface area contributed by atoms with Crippen molar-refractivity contribution in [1.82, 2.24) is 5.32 Å². The predicted octanol–water partition coefficient (Wildman–Crippen LogP) is 1.32. The second kappa shape index (κ2) is 6.78. The molecule has 0 spiro atoms. The van der Waals surface area contributed by atoms with E-state index in [9.17, 15) is 9.59 Å². The van der Waals surface area contributed by atoms with Gasteiger partial charge in [-0.15, -0.1) is 0 Å². The first-order valence-electron chi connectivity index (χ1n) is 6.22. The molecule has 0 aromatic heterocycles. The summed E-state index contributed by atoms with van der Waals surface area (Å²) in [5.41, 5.74) is 5.49. The van der Waals surface area contributed by atoms with E-state index < -0.39 is 5.91 Å². The maximum atomic E-state index is 11.7. The van der Waals surface area contributed by atoms with E-state index in [0.29, 0.717) is 11.7 Å². The Kier molecular flexibility index (Phi) is 5.36. The molecule has 0 saturated heterocycles.